The van der Waals surface area contributed by atoms with Crippen LogP contribution in [0, 0.1) is 5.92 Å². The van der Waals surface area contributed by atoms with Gasteiger partial charge in [-0.25, -0.2) is 4.79 Å². The van der Waals surface area contributed by atoms with Crippen molar-refractivity contribution in [1.82, 2.24) is 10.2 Å². The number of urea groups is 1. The topological polar surface area (TPSA) is 78.9 Å². The summed E-state index contributed by atoms with van der Waals surface area (Å²) in [4.78, 5) is 24.7. The number of ether oxygens (including phenoxy) is 1. The first-order valence-corrected chi connectivity index (χ1v) is 7.35. The summed E-state index contributed by atoms with van der Waals surface area (Å²) in [7, 11) is 1.63. The average Bonchev–Trinajstić information content (AvgIpc) is 2.45. The molecule has 1 atom stereocenters. The van der Waals surface area contributed by atoms with Gasteiger partial charge in [0.1, 0.15) is 0 Å². The minimum absolute atomic E-state index is 0.0321. The molecule has 1 saturated heterocycles. The number of unbranched alkanes of at least 4 members (excludes halogenated alkanes) is 1. The van der Waals surface area contributed by atoms with Crippen molar-refractivity contribution in [3.8, 4) is 0 Å². The van der Waals surface area contributed by atoms with Crippen LogP contribution in [0.3, 0.4) is 0 Å². The van der Waals surface area contributed by atoms with E-state index >= 15 is 0 Å². The smallest absolute Gasteiger partial charge is 0.317 e. The monoisotopic (exact) mass is 286 g/mol. The second-order valence-electron chi connectivity index (χ2n) is 5.34. The van der Waals surface area contributed by atoms with Crippen molar-refractivity contribution in [2.75, 3.05) is 26.8 Å². The van der Waals surface area contributed by atoms with Gasteiger partial charge in [-0.15, -0.1) is 0 Å². The van der Waals surface area contributed by atoms with Gasteiger partial charge in [-0.2, -0.15) is 0 Å². The predicted molar refractivity (Wildman–Crippen MR) is 75.7 cm³/mol. The maximum atomic E-state index is 12.1. The quantitative estimate of drug-likeness (QED) is 0.746. The summed E-state index contributed by atoms with van der Waals surface area (Å²) in [5.41, 5.74) is 0. The van der Waals surface area contributed by atoms with E-state index in [2.05, 4.69) is 12.2 Å². The number of methoxy groups -OCH3 is 1. The van der Waals surface area contributed by atoms with Crippen LogP contribution >= 0.6 is 0 Å². The normalized spacial score (nSPS) is 17.8. The van der Waals surface area contributed by atoms with Crippen LogP contribution in [-0.2, 0) is 9.53 Å². The number of piperidine rings is 1. The molecule has 116 valence electrons. The number of amides is 2. The van der Waals surface area contributed by atoms with Gasteiger partial charge in [-0.05, 0) is 19.3 Å². The van der Waals surface area contributed by atoms with Crippen LogP contribution in [0.15, 0.2) is 0 Å². The molecular weight excluding hydrogens is 260 g/mol. The molecular formula is C14H26N2O4. The van der Waals surface area contributed by atoms with E-state index in [1.165, 1.54) is 0 Å². The van der Waals surface area contributed by atoms with E-state index in [0.717, 1.165) is 19.3 Å². The Bertz CT molecular complexity index is 314. The summed E-state index contributed by atoms with van der Waals surface area (Å²) < 4.78 is 5.13. The number of carboxylic acid groups (broad SMARTS) is 1. The fourth-order valence-electron chi connectivity index (χ4n) is 2.44. The molecule has 0 aromatic rings. The molecule has 6 nitrogen and oxygen atoms in total. The van der Waals surface area contributed by atoms with Gasteiger partial charge in [0.15, 0.2) is 0 Å². The van der Waals surface area contributed by atoms with E-state index in [0.29, 0.717) is 32.5 Å². The van der Waals surface area contributed by atoms with Crippen molar-refractivity contribution in [2.24, 2.45) is 5.92 Å². The fraction of sp³-hybridized carbons (Fsp3) is 0.857. The summed E-state index contributed by atoms with van der Waals surface area (Å²) in [6, 6.07) is -0.0726. The van der Waals surface area contributed by atoms with E-state index in [-0.39, 0.29) is 18.0 Å². The fourth-order valence-corrected chi connectivity index (χ4v) is 2.44. The maximum absolute atomic E-state index is 12.1. The minimum atomic E-state index is -0.759. The van der Waals surface area contributed by atoms with Gasteiger partial charge in [0.25, 0.3) is 0 Å². The molecule has 0 bridgehead atoms. The van der Waals surface area contributed by atoms with Gasteiger partial charge in [-0.1, -0.05) is 19.8 Å². The maximum Gasteiger partial charge on any atom is 0.317 e. The van der Waals surface area contributed by atoms with Crippen molar-refractivity contribution < 1.29 is 19.4 Å². The Morgan fingerprint density at radius 3 is 2.55 bits per heavy atom. The van der Waals surface area contributed by atoms with Gasteiger partial charge in [0.2, 0.25) is 0 Å². The summed E-state index contributed by atoms with van der Waals surface area (Å²) in [5, 5.41) is 11.9. The standard InChI is InChI=1S/C14H26N2O4/c1-3-4-5-12(10-20-2)15-14(19)16-8-6-11(7-9-16)13(17)18/h11-12H,3-10H2,1-2H3,(H,15,19)(H,17,18). The minimum Gasteiger partial charge on any atom is -0.481 e. The molecule has 6 heteroatoms. The number of hydrogen-bond donors (Lipinski definition) is 2. The first-order valence-electron chi connectivity index (χ1n) is 7.35. The van der Waals surface area contributed by atoms with Gasteiger partial charge >= 0.3 is 12.0 Å². The molecule has 1 aliphatic rings. The molecule has 2 amide bonds. The SMILES string of the molecule is CCCCC(COC)NC(=O)N1CCC(C(=O)O)CC1. The number of carbonyl (C=O) groups is 2. The zero-order chi connectivity index (χ0) is 15.0. The van der Waals surface area contributed by atoms with E-state index in [1.807, 2.05) is 0 Å². The molecule has 1 aliphatic heterocycles. The van der Waals surface area contributed by atoms with Crippen molar-refractivity contribution in [2.45, 2.75) is 45.1 Å². The second-order valence-corrected chi connectivity index (χ2v) is 5.34. The van der Waals surface area contributed by atoms with E-state index < -0.39 is 5.97 Å². The van der Waals surface area contributed by atoms with E-state index in [1.54, 1.807) is 12.0 Å². The highest BCUT2D eigenvalue weighted by atomic mass is 16.5. The number of hydrogen-bond acceptors (Lipinski definition) is 3. The Morgan fingerprint density at radius 1 is 1.40 bits per heavy atom. The van der Waals surface area contributed by atoms with Crippen molar-refractivity contribution in [3.05, 3.63) is 0 Å². The lowest BCUT2D eigenvalue weighted by atomic mass is 9.97. The van der Waals surface area contributed by atoms with Gasteiger partial charge in [0.05, 0.1) is 18.6 Å². The number of aliphatic carboxylic acids is 1. The number of rotatable bonds is 7. The predicted octanol–water partition coefficient (Wildman–Crippen LogP) is 1.70. The molecule has 0 aliphatic carbocycles. The van der Waals surface area contributed by atoms with E-state index in [9.17, 15) is 9.59 Å². The summed E-state index contributed by atoms with van der Waals surface area (Å²) in [5.74, 6) is -1.07. The molecule has 0 radical (unpaired) electrons. The molecule has 2 N–H and O–H groups in total. The van der Waals surface area contributed by atoms with Crippen molar-refractivity contribution in [1.29, 1.82) is 0 Å². The Hall–Kier alpha value is -1.30. The number of nitrogens with one attached hydrogen (secondary N) is 1. The molecule has 0 spiro atoms. The number of likely N-dealkylation sites (tertiary alicyclic amines) is 1. The van der Waals surface area contributed by atoms with Gasteiger partial charge in [0, 0.05) is 20.2 Å². The average molecular weight is 286 g/mol. The highest BCUT2D eigenvalue weighted by Gasteiger charge is 2.27. The molecule has 0 aromatic carbocycles. The third-order valence-corrected chi connectivity index (χ3v) is 3.73. The number of carbonyl (C=O) groups excluding carboxylic acids is 1. The highest BCUT2D eigenvalue weighted by Crippen LogP contribution is 2.17. The Morgan fingerprint density at radius 2 is 2.05 bits per heavy atom. The van der Waals surface area contributed by atoms with Crippen molar-refractivity contribution in [3.63, 3.8) is 0 Å². The highest BCUT2D eigenvalue weighted by molar-refractivity contribution is 5.75. The lowest BCUT2D eigenvalue weighted by Gasteiger charge is -2.31. The molecule has 1 unspecified atom stereocenters. The lowest BCUT2D eigenvalue weighted by Crippen LogP contribution is -2.49. The second kappa shape index (κ2) is 8.79. The molecule has 1 rings (SSSR count). The van der Waals surface area contributed by atoms with E-state index in [4.69, 9.17) is 9.84 Å². The zero-order valence-corrected chi connectivity index (χ0v) is 12.4. The molecule has 1 heterocycles. The van der Waals surface area contributed by atoms with Crippen LogP contribution in [0.4, 0.5) is 4.79 Å². The number of nitrogens with zero attached hydrogens (tertiary/aromatic N) is 1. The summed E-state index contributed by atoms with van der Waals surface area (Å²) in [6.45, 7) is 3.65. The van der Waals surface area contributed by atoms with Crippen LogP contribution in [-0.4, -0.2) is 54.9 Å². The zero-order valence-electron chi connectivity index (χ0n) is 12.4. The summed E-state index contributed by atoms with van der Waals surface area (Å²) >= 11 is 0. The first-order chi connectivity index (χ1) is 9.58. The molecule has 0 aromatic heterocycles. The van der Waals surface area contributed by atoms with Crippen LogP contribution in [0.5, 0.6) is 0 Å². The third kappa shape index (κ3) is 5.36. The van der Waals surface area contributed by atoms with Crippen LogP contribution in [0.2, 0.25) is 0 Å². The Kier molecular flexibility index (Phi) is 7.36. The molecule has 20 heavy (non-hydrogen) atoms. The van der Waals surface area contributed by atoms with Crippen molar-refractivity contribution >= 4 is 12.0 Å². The van der Waals surface area contributed by atoms with Gasteiger partial charge in [-0.3, -0.25) is 4.79 Å². The van der Waals surface area contributed by atoms with Crippen LogP contribution in [0.1, 0.15) is 39.0 Å². The van der Waals surface area contributed by atoms with Crippen LogP contribution < -0.4 is 5.32 Å². The van der Waals surface area contributed by atoms with Crippen LogP contribution in [0.25, 0.3) is 0 Å². The largest absolute Gasteiger partial charge is 0.481 e. The Balaban J connectivity index is 2.39. The number of carboxylic acids is 1. The third-order valence-electron chi connectivity index (χ3n) is 3.73. The first kappa shape index (κ1) is 16.8. The van der Waals surface area contributed by atoms with Gasteiger partial charge < -0.3 is 20.1 Å². The lowest BCUT2D eigenvalue weighted by molar-refractivity contribution is -0.143. The molecule has 1 fully saturated rings. The molecule has 0 saturated carbocycles. The Labute approximate surface area is 120 Å². The summed E-state index contributed by atoms with van der Waals surface area (Å²) in [6.07, 6.45) is 4.11.